The number of nitrogens with one attached hydrogen (secondary N) is 1. The number of carbonyl (C=O) groups is 1. The van der Waals surface area contributed by atoms with Gasteiger partial charge >= 0.3 is 0 Å². The summed E-state index contributed by atoms with van der Waals surface area (Å²) in [6.45, 7) is 3.89. The molecule has 0 amide bonds. The number of rotatable bonds is 3. The molecular weight excluding hydrogens is 192 g/mol. The molecule has 0 unspecified atom stereocenters. The van der Waals surface area contributed by atoms with Gasteiger partial charge in [-0.3, -0.25) is 9.59 Å². The van der Waals surface area contributed by atoms with Crippen molar-refractivity contribution in [2.45, 2.75) is 26.2 Å². The van der Waals surface area contributed by atoms with Gasteiger partial charge < -0.3 is 4.98 Å². The maximum atomic E-state index is 11.5. The zero-order valence-corrected chi connectivity index (χ0v) is 8.70. The van der Waals surface area contributed by atoms with Crippen LogP contribution in [0, 0.1) is 11.3 Å². The molecule has 0 aliphatic carbocycles. The van der Waals surface area contributed by atoms with Gasteiger partial charge in [-0.25, -0.2) is 0 Å². The standard InChI is InChI=1S/C11H12N2O2/c1-7(2)9-4-3-8(11(15)13-9)10(14)5-6-12/h3-4,7H,5H2,1-2H3,(H,13,15). The highest BCUT2D eigenvalue weighted by Crippen LogP contribution is 2.09. The van der Waals surface area contributed by atoms with Crippen molar-refractivity contribution in [1.82, 2.24) is 4.98 Å². The zero-order valence-electron chi connectivity index (χ0n) is 8.70. The fourth-order valence-electron chi connectivity index (χ4n) is 1.21. The number of aromatic nitrogens is 1. The first kappa shape index (κ1) is 11.2. The number of pyridine rings is 1. The van der Waals surface area contributed by atoms with Crippen molar-refractivity contribution in [1.29, 1.82) is 5.26 Å². The predicted molar refractivity (Wildman–Crippen MR) is 55.7 cm³/mol. The minimum absolute atomic E-state index is 0.0564. The highest BCUT2D eigenvalue weighted by molar-refractivity contribution is 5.96. The van der Waals surface area contributed by atoms with Gasteiger partial charge in [-0.1, -0.05) is 13.8 Å². The Morgan fingerprint density at radius 1 is 1.53 bits per heavy atom. The van der Waals surface area contributed by atoms with Gasteiger partial charge in [-0.15, -0.1) is 0 Å². The van der Waals surface area contributed by atoms with Crippen molar-refractivity contribution in [3.05, 3.63) is 33.7 Å². The number of hydrogen-bond acceptors (Lipinski definition) is 3. The summed E-state index contributed by atoms with van der Waals surface area (Å²) in [5.41, 5.74) is 0.427. The van der Waals surface area contributed by atoms with E-state index in [0.717, 1.165) is 5.69 Å². The topological polar surface area (TPSA) is 73.7 Å². The molecule has 1 aromatic rings. The third-order valence-corrected chi connectivity index (χ3v) is 2.09. The van der Waals surface area contributed by atoms with E-state index in [1.165, 1.54) is 6.07 Å². The number of aromatic amines is 1. The smallest absolute Gasteiger partial charge is 0.259 e. The summed E-state index contributed by atoms with van der Waals surface area (Å²) in [6.07, 6.45) is -0.260. The molecule has 0 bridgehead atoms. The van der Waals surface area contributed by atoms with E-state index < -0.39 is 11.3 Å². The third kappa shape index (κ3) is 2.53. The van der Waals surface area contributed by atoms with E-state index in [-0.39, 0.29) is 17.9 Å². The van der Waals surface area contributed by atoms with Gasteiger partial charge in [-0.05, 0) is 18.1 Å². The average Bonchev–Trinajstić information content (AvgIpc) is 2.17. The highest BCUT2D eigenvalue weighted by atomic mass is 16.1. The molecule has 0 spiro atoms. The van der Waals surface area contributed by atoms with Crippen molar-refractivity contribution in [3.63, 3.8) is 0 Å². The number of nitriles is 1. The molecule has 1 heterocycles. The fourth-order valence-corrected chi connectivity index (χ4v) is 1.21. The number of nitrogens with zero attached hydrogens (tertiary/aromatic N) is 1. The van der Waals surface area contributed by atoms with Crippen LogP contribution in [0.5, 0.6) is 0 Å². The number of carbonyl (C=O) groups excluding carboxylic acids is 1. The second-order valence-electron chi connectivity index (χ2n) is 3.57. The van der Waals surface area contributed by atoms with Crippen molar-refractivity contribution in [2.75, 3.05) is 0 Å². The normalized spacial score (nSPS) is 10.0. The van der Waals surface area contributed by atoms with Crippen molar-refractivity contribution >= 4 is 5.78 Å². The van der Waals surface area contributed by atoms with Crippen LogP contribution < -0.4 is 5.56 Å². The van der Waals surface area contributed by atoms with Crippen LogP contribution in [0.3, 0.4) is 0 Å². The third-order valence-electron chi connectivity index (χ3n) is 2.09. The minimum atomic E-state index is -0.436. The number of ketones is 1. The molecule has 0 aromatic carbocycles. The van der Waals surface area contributed by atoms with E-state index in [2.05, 4.69) is 4.98 Å². The summed E-state index contributed by atoms with van der Waals surface area (Å²) in [5, 5.41) is 8.35. The van der Waals surface area contributed by atoms with Crippen LogP contribution in [-0.4, -0.2) is 10.8 Å². The van der Waals surface area contributed by atoms with Crippen LogP contribution in [0.4, 0.5) is 0 Å². The molecule has 1 rings (SSSR count). The van der Waals surface area contributed by atoms with Crippen molar-refractivity contribution in [2.24, 2.45) is 0 Å². The number of H-pyrrole nitrogens is 1. The molecule has 0 saturated heterocycles. The van der Waals surface area contributed by atoms with E-state index in [4.69, 9.17) is 5.26 Å². The Morgan fingerprint density at radius 2 is 2.20 bits per heavy atom. The van der Waals surface area contributed by atoms with Crippen molar-refractivity contribution in [3.8, 4) is 6.07 Å². The first-order chi connectivity index (χ1) is 7.06. The minimum Gasteiger partial charge on any atom is -0.325 e. The van der Waals surface area contributed by atoms with Crippen LogP contribution in [-0.2, 0) is 0 Å². The summed E-state index contributed by atoms with van der Waals surface area (Å²) in [5.74, 6) is -0.230. The van der Waals surface area contributed by atoms with Crippen molar-refractivity contribution < 1.29 is 4.79 Å². The summed E-state index contributed by atoms with van der Waals surface area (Å²) < 4.78 is 0. The molecule has 0 fully saturated rings. The monoisotopic (exact) mass is 204 g/mol. The maximum Gasteiger partial charge on any atom is 0.259 e. The lowest BCUT2D eigenvalue weighted by atomic mass is 10.1. The number of hydrogen-bond donors (Lipinski definition) is 1. The van der Waals surface area contributed by atoms with Gasteiger partial charge in [0.25, 0.3) is 5.56 Å². The Morgan fingerprint density at radius 3 is 2.67 bits per heavy atom. The Balaban J connectivity index is 3.10. The Labute approximate surface area is 87.6 Å². The van der Waals surface area contributed by atoms with Crippen LogP contribution >= 0.6 is 0 Å². The fraction of sp³-hybridized carbons (Fsp3) is 0.364. The van der Waals surface area contributed by atoms with Gasteiger partial charge in [-0.2, -0.15) is 5.26 Å². The molecule has 1 N–H and O–H groups in total. The van der Waals surface area contributed by atoms with Gasteiger partial charge in [0, 0.05) is 5.69 Å². The lowest BCUT2D eigenvalue weighted by molar-refractivity contribution is 0.0996. The molecular formula is C11H12N2O2. The molecule has 4 nitrogen and oxygen atoms in total. The first-order valence-electron chi connectivity index (χ1n) is 4.69. The molecule has 0 radical (unpaired) electrons. The Bertz CT molecular complexity index is 466. The van der Waals surface area contributed by atoms with Crippen LogP contribution in [0.1, 0.15) is 42.2 Å². The largest absolute Gasteiger partial charge is 0.325 e. The van der Waals surface area contributed by atoms with Crippen LogP contribution in [0.25, 0.3) is 0 Å². The summed E-state index contributed by atoms with van der Waals surface area (Å²) in [6, 6.07) is 4.91. The van der Waals surface area contributed by atoms with Gasteiger partial charge in [0.1, 0.15) is 0 Å². The SMILES string of the molecule is CC(C)c1ccc(C(=O)CC#N)c(=O)[nH]1. The second-order valence-corrected chi connectivity index (χ2v) is 3.57. The van der Waals surface area contributed by atoms with Crippen LogP contribution in [0.2, 0.25) is 0 Å². The van der Waals surface area contributed by atoms with E-state index in [1.54, 1.807) is 12.1 Å². The summed E-state index contributed by atoms with van der Waals surface area (Å²) in [7, 11) is 0. The van der Waals surface area contributed by atoms with E-state index in [1.807, 2.05) is 13.8 Å². The molecule has 0 saturated carbocycles. The quantitative estimate of drug-likeness (QED) is 0.760. The Hall–Kier alpha value is -1.89. The highest BCUT2D eigenvalue weighted by Gasteiger charge is 2.10. The number of Topliss-reactive ketones (excluding diaryl/α,β-unsaturated/α-hetero) is 1. The molecule has 15 heavy (non-hydrogen) atoms. The van der Waals surface area contributed by atoms with Gasteiger partial charge in [0.2, 0.25) is 0 Å². The van der Waals surface area contributed by atoms with Gasteiger partial charge in [0.15, 0.2) is 5.78 Å². The first-order valence-corrected chi connectivity index (χ1v) is 4.69. The summed E-state index contributed by atoms with van der Waals surface area (Å²) >= 11 is 0. The molecule has 0 aliphatic heterocycles. The maximum absolute atomic E-state index is 11.5. The molecule has 0 aliphatic rings. The predicted octanol–water partition coefficient (Wildman–Crippen LogP) is 1.59. The molecule has 1 aromatic heterocycles. The summed E-state index contributed by atoms with van der Waals surface area (Å²) in [4.78, 5) is 25.4. The van der Waals surface area contributed by atoms with Crippen LogP contribution in [0.15, 0.2) is 16.9 Å². The lowest BCUT2D eigenvalue weighted by Gasteiger charge is -2.04. The average molecular weight is 204 g/mol. The van der Waals surface area contributed by atoms with Gasteiger partial charge in [0.05, 0.1) is 18.1 Å². The molecule has 0 atom stereocenters. The second kappa shape index (κ2) is 4.56. The van der Waals surface area contributed by atoms with E-state index in [9.17, 15) is 9.59 Å². The molecule has 78 valence electrons. The van der Waals surface area contributed by atoms with E-state index in [0.29, 0.717) is 0 Å². The molecule has 4 heteroatoms. The Kier molecular flexibility index (Phi) is 3.40. The zero-order chi connectivity index (χ0) is 11.4. The van der Waals surface area contributed by atoms with E-state index >= 15 is 0 Å². The lowest BCUT2D eigenvalue weighted by Crippen LogP contribution is -2.18.